The average molecular weight is 332 g/mol. The monoisotopic (exact) mass is 331 g/mol. The molecule has 5 nitrogen and oxygen atoms in total. The minimum Gasteiger partial charge on any atom is -0.283 e. The maximum atomic E-state index is 13.3. The number of aromatic amines is 1. The maximum Gasteiger partial charge on any atom is 0.240 e. The third kappa shape index (κ3) is 4.26. The molecule has 1 atom stereocenters. The van der Waals surface area contributed by atoms with E-state index in [1.807, 2.05) is 13.0 Å². The number of sulfonamides is 1. The Morgan fingerprint density at radius 2 is 2.10 bits per heavy atom. The van der Waals surface area contributed by atoms with Crippen LogP contribution in [0.4, 0.5) is 4.39 Å². The first-order valence-electron chi connectivity index (χ1n) is 6.25. The fourth-order valence-electron chi connectivity index (χ4n) is 1.95. The van der Waals surface area contributed by atoms with Gasteiger partial charge < -0.3 is 0 Å². The summed E-state index contributed by atoms with van der Waals surface area (Å²) in [5.74, 6) is -0.696. The molecular formula is C13H15ClFN3O2S. The smallest absolute Gasteiger partial charge is 0.240 e. The van der Waals surface area contributed by atoms with Crippen LogP contribution < -0.4 is 4.72 Å². The van der Waals surface area contributed by atoms with Crippen molar-refractivity contribution in [1.82, 2.24) is 14.9 Å². The summed E-state index contributed by atoms with van der Waals surface area (Å²) in [4.78, 5) is -0.197. The van der Waals surface area contributed by atoms with Gasteiger partial charge in [-0.15, -0.1) is 0 Å². The lowest BCUT2D eigenvalue weighted by Crippen LogP contribution is -2.34. The molecule has 0 saturated heterocycles. The molecule has 0 fully saturated rings. The largest absolute Gasteiger partial charge is 0.283 e. The lowest BCUT2D eigenvalue weighted by atomic mass is 10.2. The molecule has 1 unspecified atom stereocenters. The Labute approximate surface area is 127 Å². The molecule has 0 aliphatic rings. The van der Waals surface area contributed by atoms with Crippen LogP contribution in [0.25, 0.3) is 0 Å². The van der Waals surface area contributed by atoms with Gasteiger partial charge in [0.1, 0.15) is 5.82 Å². The number of H-pyrrole nitrogens is 1. The first-order chi connectivity index (χ1) is 9.76. The summed E-state index contributed by atoms with van der Waals surface area (Å²) in [6.07, 6.45) is 0.423. The van der Waals surface area contributed by atoms with E-state index in [9.17, 15) is 12.8 Å². The molecule has 8 heteroatoms. The van der Waals surface area contributed by atoms with Crippen LogP contribution in [0.2, 0.25) is 5.02 Å². The van der Waals surface area contributed by atoms with Crippen molar-refractivity contribution in [2.45, 2.75) is 31.2 Å². The van der Waals surface area contributed by atoms with E-state index in [2.05, 4.69) is 14.9 Å². The standard InChI is InChI=1S/C13H15ClFN3O2S/c1-8-3-12(17-16-8)4-9(2)18-21(19,20)13-6-10(14)5-11(15)7-13/h3,5-7,9,18H,4H2,1-2H3,(H,16,17). The van der Waals surface area contributed by atoms with E-state index in [0.29, 0.717) is 6.42 Å². The van der Waals surface area contributed by atoms with Gasteiger partial charge in [0.25, 0.3) is 0 Å². The maximum absolute atomic E-state index is 13.3. The fraction of sp³-hybridized carbons (Fsp3) is 0.308. The highest BCUT2D eigenvalue weighted by atomic mass is 35.5. The zero-order valence-electron chi connectivity index (χ0n) is 11.5. The van der Waals surface area contributed by atoms with Crippen molar-refractivity contribution in [3.63, 3.8) is 0 Å². The molecule has 0 bridgehead atoms. The van der Waals surface area contributed by atoms with Crippen LogP contribution in [-0.2, 0) is 16.4 Å². The molecule has 2 aromatic rings. The van der Waals surface area contributed by atoms with Gasteiger partial charge in [0.15, 0.2) is 0 Å². The zero-order chi connectivity index (χ0) is 15.6. The van der Waals surface area contributed by atoms with Crippen LogP contribution in [-0.4, -0.2) is 24.7 Å². The SMILES string of the molecule is Cc1cc(CC(C)NS(=O)(=O)c2cc(F)cc(Cl)c2)n[nH]1. The van der Waals surface area contributed by atoms with Crippen molar-refractivity contribution >= 4 is 21.6 Å². The number of nitrogens with zero attached hydrogens (tertiary/aromatic N) is 1. The number of aromatic nitrogens is 2. The van der Waals surface area contributed by atoms with Crippen molar-refractivity contribution in [2.75, 3.05) is 0 Å². The first-order valence-corrected chi connectivity index (χ1v) is 8.12. The van der Waals surface area contributed by atoms with Gasteiger partial charge >= 0.3 is 0 Å². The molecular weight excluding hydrogens is 317 g/mol. The second-order valence-corrected chi connectivity index (χ2v) is 7.02. The number of nitrogens with one attached hydrogen (secondary N) is 2. The lowest BCUT2D eigenvalue weighted by Gasteiger charge is -2.13. The molecule has 114 valence electrons. The van der Waals surface area contributed by atoms with Crippen molar-refractivity contribution in [2.24, 2.45) is 0 Å². The topological polar surface area (TPSA) is 74.8 Å². The second-order valence-electron chi connectivity index (χ2n) is 4.87. The molecule has 0 spiro atoms. The van der Waals surface area contributed by atoms with Gasteiger partial charge in [-0.1, -0.05) is 11.6 Å². The van der Waals surface area contributed by atoms with E-state index in [-0.39, 0.29) is 16.0 Å². The van der Waals surface area contributed by atoms with E-state index >= 15 is 0 Å². The summed E-state index contributed by atoms with van der Waals surface area (Å²) in [6.45, 7) is 3.57. The van der Waals surface area contributed by atoms with Crippen LogP contribution in [0.15, 0.2) is 29.2 Å². The highest BCUT2D eigenvalue weighted by molar-refractivity contribution is 7.89. The summed E-state index contributed by atoms with van der Waals surface area (Å²) in [5, 5.41) is 6.87. The molecule has 0 aliphatic heterocycles. The van der Waals surface area contributed by atoms with Gasteiger partial charge in [-0.2, -0.15) is 5.10 Å². The number of rotatable bonds is 5. The van der Waals surface area contributed by atoms with Crippen molar-refractivity contribution in [3.05, 3.63) is 46.5 Å². The average Bonchev–Trinajstić information content (AvgIpc) is 2.72. The van der Waals surface area contributed by atoms with Gasteiger partial charge in [0.05, 0.1) is 10.6 Å². The number of hydrogen-bond donors (Lipinski definition) is 2. The lowest BCUT2D eigenvalue weighted by molar-refractivity contribution is 0.555. The second kappa shape index (κ2) is 6.13. The van der Waals surface area contributed by atoms with Crippen LogP contribution >= 0.6 is 11.6 Å². The molecule has 0 amide bonds. The summed E-state index contributed by atoms with van der Waals surface area (Å²) in [5.41, 5.74) is 1.65. The van der Waals surface area contributed by atoms with Crippen LogP contribution in [0, 0.1) is 12.7 Å². The summed E-state index contributed by atoms with van der Waals surface area (Å²) < 4.78 is 40.1. The van der Waals surface area contributed by atoms with E-state index in [0.717, 1.165) is 23.5 Å². The molecule has 0 aliphatic carbocycles. The van der Waals surface area contributed by atoms with Gasteiger partial charge in [-0.3, -0.25) is 5.10 Å². The molecule has 21 heavy (non-hydrogen) atoms. The molecule has 2 rings (SSSR count). The Hall–Kier alpha value is -1.44. The number of aryl methyl sites for hydroxylation is 1. The Kier molecular flexibility index (Phi) is 4.65. The molecule has 1 aromatic heterocycles. The van der Waals surface area contributed by atoms with E-state index in [1.165, 1.54) is 6.07 Å². The molecule has 0 saturated carbocycles. The van der Waals surface area contributed by atoms with Crippen molar-refractivity contribution < 1.29 is 12.8 Å². The van der Waals surface area contributed by atoms with Gasteiger partial charge in [0, 0.05) is 23.2 Å². The highest BCUT2D eigenvalue weighted by Crippen LogP contribution is 2.18. The van der Waals surface area contributed by atoms with Gasteiger partial charge in [-0.05, 0) is 38.1 Å². The highest BCUT2D eigenvalue weighted by Gasteiger charge is 2.19. The summed E-state index contributed by atoms with van der Waals surface area (Å²) in [7, 11) is -3.83. The predicted octanol–water partition coefficient (Wildman–Crippen LogP) is 2.42. The minimum atomic E-state index is -3.83. The minimum absolute atomic E-state index is 0.0333. The van der Waals surface area contributed by atoms with E-state index in [4.69, 9.17) is 11.6 Å². The molecule has 2 N–H and O–H groups in total. The normalized spacial score (nSPS) is 13.3. The Morgan fingerprint density at radius 1 is 1.38 bits per heavy atom. The third-order valence-corrected chi connectivity index (χ3v) is 4.56. The van der Waals surface area contributed by atoms with Crippen LogP contribution in [0.3, 0.4) is 0 Å². The van der Waals surface area contributed by atoms with Gasteiger partial charge in [0.2, 0.25) is 10.0 Å². The quantitative estimate of drug-likeness (QED) is 0.883. The third-order valence-electron chi connectivity index (χ3n) is 2.78. The number of hydrogen-bond acceptors (Lipinski definition) is 3. The van der Waals surface area contributed by atoms with Gasteiger partial charge in [-0.25, -0.2) is 17.5 Å². The number of halogens is 2. The molecule has 1 heterocycles. The first kappa shape index (κ1) is 15.9. The van der Waals surface area contributed by atoms with Crippen molar-refractivity contribution in [1.29, 1.82) is 0 Å². The molecule has 0 radical (unpaired) electrons. The molecule has 1 aromatic carbocycles. The zero-order valence-corrected chi connectivity index (χ0v) is 13.1. The fourth-order valence-corrected chi connectivity index (χ4v) is 3.54. The Balaban J connectivity index is 2.13. The van der Waals surface area contributed by atoms with Crippen LogP contribution in [0.1, 0.15) is 18.3 Å². The summed E-state index contributed by atoms with van der Waals surface area (Å²) >= 11 is 5.68. The van der Waals surface area contributed by atoms with Crippen LogP contribution in [0.5, 0.6) is 0 Å². The number of benzene rings is 1. The van der Waals surface area contributed by atoms with E-state index in [1.54, 1.807) is 6.92 Å². The predicted molar refractivity (Wildman–Crippen MR) is 78.2 cm³/mol. The van der Waals surface area contributed by atoms with E-state index < -0.39 is 15.8 Å². The Bertz CT molecular complexity index is 725. The van der Waals surface area contributed by atoms with Crippen molar-refractivity contribution in [3.8, 4) is 0 Å². The Morgan fingerprint density at radius 3 is 2.67 bits per heavy atom. The summed E-state index contributed by atoms with van der Waals surface area (Å²) in [6, 6.07) is 4.64.